The molecule has 0 saturated heterocycles. The number of hydrogen-bond acceptors (Lipinski definition) is 9. The lowest BCUT2D eigenvalue weighted by Gasteiger charge is -2.37. The minimum absolute atomic E-state index is 0.0669. The van der Waals surface area contributed by atoms with Gasteiger partial charge in [-0.1, -0.05) is 18.2 Å². The van der Waals surface area contributed by atoms with Crippen molar-refractivity contribution in [2.75, 3.05) is 14.2 Å². The van der Waals surface area contributed by atoms with Crippen molar-refractivity contribution in [3.63, 3.8) is 0 Å². The average molecular weight is 470 g/mol. The molecule has 9 nitrogen and oxygen atoms in total. The van der Waals surface area contributed by atoms with Gasteiger partial charge in [-0.3, -0.25) is 0 Å². The summed E-state index contributed by atoms with van der Waals surface area (Å²) in [4.78, 5) is 25.9. The second kappa shape index (κ2) is 8.25. The van der Waals surface area contributed by atoms with Gasteiger partial charge in [-0.05, 0) is 48.7 Å². The van der Waals surface area contributed by atoms with E-state index in [1.54, 1.807) is 32.0 Å². The van der Waals surface area contributed by atoms with Crippen LogP contribution in [0.3, 0.4) is 0 Å². The summed E-state index contributed by atoms with van der Waals surface area (Å²) in [7, 11) is 2.44. The Kier molecular flexibility index (Phi) is 5.69. The Balaban J connectivity index is 1.83. The molecular formula is C25H26O9. The number of carbonyl (C=O) groups is 2. The number of aliphatic hydroxyl groups excluding tert-OH is 1. The normalized spacial score (nSPS) is 23.1. The number of aromatic hydroxyl groups is 2. The van der Waals surface area contributed by atoms with Crippen LogP contribution in [0.25, 0.3) is 5.57 Å². The largest absolute Gasteiger partial charge is 0.504 e. The van der Waals surface area contributed by atoms with E-state index in [1.165, 1.54) is 32.4 Å². The second-order valence-corrected chi connectivity index (χ2v) is 8.86. The highest BCUT2D eigenvalue weighted by Gasteiger charge is 2.56. The van der Waals surface area contributed by atoms with Crippen molar-refractivity contribution in [3.8, 4) is 17.2 Å². The topological polar surface area (TPSA) is 132 Å². The lowest BCUT2D eigenvalue weighted by molar-refractivity contribution is -0.169. The van der Waals surface area contributed by atoms with Crippen molar-refractivity contribution in [3.05, 3.63) is 58.8 Å². The summed E-state index contributed by atoms with van der Waals surface area (Å²) in [6, 6.07) is 9.14. The summed E-state index contributed by atoms with van der Waals surface area (Å²) in [6.07, 6.45) is -0.495. The first-order valence-electron chi connectivity index (χ1n) is 10.6. The number of esters is 2. The molecule has 2 aromatic rings. The molecule has 0 amide bonds. The standard InChI is InChI=1S/C25H26O9/c1-24(2)19(28)11-15-9-13(5-8-18(15)33-24)12-25(23(30)32-4)20(21(31-3)22(29)34-25)14-6-7-16(26)17(27)10-14/h5-10,19,26-28H,11-12H2,1-4H3/t19-,25-/m1/s1. The Morgan fingerprint density at radius 3 is 2.47 bits per heavy atom. The summed E-state index contributed by atoms with van der Waals surface area (Å²) in [5.41, 5.74) is -0.993. The van der Waals surface area contributed by atoms with Crippen LogP contribution in [0.15, 0.2) is 42.2 Å². The molecule has 4 rings (SSSR count). The Bertz CT molecular complexity index is 1200. The van der Waals surface area contributed by atoms with Crippen LogP contribution < -0.4 is 4.74 Å². The van der Waals surface area contributed by atoms with Gasteiger partial charge in [-0.2, -0.15) is 0 Å². The minimum atomic E-state index is -1.91. The zero-order valence-corrected chi connectivity index (χ0v) is 19.2. The number of methoxy groups -OCH3 is 2. The van der Waals surface area contributed by atoms with E-state index in [-0.39, 0.29) is 29.1 Å². The van der Waals surface area contributed by atoms with Crippen LogP contribution in [0.1, 0.15) is 30.5 Å². The predicted molar refractivity (Wildman–Crippen MR) is 119 cm³/mol. The van der Waals surface area contributed by atoms with Crippen LogP contribution in [-0.4, -0.2) is 58.8 Å². The first-order chi connectivity index (χ1) is 16.0. The van der Waals surface area contributed by atoms with E-state index in [1.807, 2.05) is 0 Å². The van der Waals surface area contributed by atoms with E-state index in [2.05, 4.69) is 0 Å². The van der Waals surface area contributed by atoms with Crippen LogP contribution in [0.4, 0.5) is 0 Å². The van der Waals surface area contributed by atoms with Gasteiger partial charge in [-0.25, -0.2) is 9.59 Å². The van der Waals surface area contributed by atoms with Crippen LogP contribution >= 0.6 is 0 Å². The molecule has 2 atom stereocenters. The Morgan fingerprint density at radius 1 is 1.09 bits per heavy atom. The van der Waals surface area contributed by atoms with Gasteiger partial charge >= 0.3 is 11.9 Å². The molecule has 2 heterocycles. The molecule has 2 aromatic carbocycles. The molecule has 3 N–H and O–H groups in total. The van der Waals surface area contributed by atoms with E-state index in [0.717, 1.165) is 5.56 Å². The second-order valence-electron chi connectivity index (χ2n) is 8.86. The van der Waals surface area contributed by atoms with Crippen LogP contribution in [0.2, 0.25) is 0 Å². The molecule has 0 radical (unpaired) electrons. The number of rotatable bonds is 5. The van der Waals surface area contributed by atoms with Gasteiger partial charge < -0.3 is 34.3 Å². The van der Waals surface area contributed by atoms with Gasteiger partial charge in [0.15, 0.2) is 11.5 Å². The molecule has 0 spiro atoms. The van der Waals surface area contributed by atoms with E-state index in [0.29, 0.717) is 17.7 Å². The number of ether oxygens (including phenoxy) is 4. The number of aliphatic hydroxyl groups is 1. The fourth-order valence-electron chi connectivity index (χ4n) is 4.37. The first-order valence-corrected chi connectivity index (χ1v) is 10.6. The maximum atomic E-state index is 13.1. The molecule has 2 aliphatic rings. The van der Waals surface area contributed by atoms with Crippen molar-refractivity contribution >= 4 is 17.5 Å². The Labute approximate surface area is 196 Å². The van der Waals surface area contributed by atoms with Crippen molar-refractivity contribution in [1.29, 1.82) is 0 Å². The maximum absolute atomic E-state index is 13.1. The molecule has 0 fully saturated rings. The molecule has 34 heavy (non-hydrogen) atoms. The summed E-state index contributed by atoms with van der Waals surface area (Å²) >= 11 is 0. The summed E-state index contributed by atoms with van der Waals surface area (Å²) in [5.74, 6) is -2.12. The van der Waals surface area contributed by atoms with E-state index in [9.17, 15) is 24.9 Å². The van der Waals surface area contributed by atoms with Crippen LogP contribution in [-0.2, 0) is 36.6 Å². The van der Waals surface area contributed by atoms with Gasteiger partial charge in [0.05, 0.1) is 25.9 Å². The monoisotopic (exact) mass is 470 g/mol. The van der Waals surface area contributed by atoms with Crippen LogP contribution in [0, 0.1) is 0 Å². The summed E-state index contributed by atoms with van der Waals surface area (Å²) < 4.78 is 21.8. The average Bonchev–Trinajstić information content (AvgIpc) is 3.07. The number of fused-ring (bicyclic) bond motifs is 1. The lowest BCUT2D eigenvalue weighted by atomic mass is 9.82. The molecule has 0 saturated carbocycles. The molecule has 0 bridgehead atoms. The highest BCUT2D eigenvalue weighted by atomic mass is 16.6. The van der Waals surface area contributed by atoms with Gasteiger partial charge in [0, 0.05) is 12.8 Å². The molecule has 0 aliphatic carbocycles. The predicted octanol–water partition coefficient (Wildman–Crippen LogP) is 2.24. The number of benzene rings is 2. The zero-order chi connectivity index (χ0) is 24.8. The highest BCUT2D eigenvalue weighted by molar-refractivity contribution is 6.11. The first kappa shape index (κ1) is 23.4. The number of carbonyl (C=O) groups excluding carboxylic acids is 2. The van der Waals surface area contributed by atoms with Gasteiger partial charge in [0.25, 0.3) is 0 Å². The van der Waals surface area contributed by atoms with E-state index >= 15 is 0 Å². The van der Waals surface area contributed by atoms with E-state index in [4.69, 9.17) is 18.9 Å². The zero-order valence-electron chi connectivity index (χ0n) is 19.2. The molecule has 0 aromatic heterocycles. The summed E-state index contributed by atoms with van der Waals surface area (Å²) in [5, 5.41) is 30.2. The van der Waals surface area contributed by atoms with Gasteiger partial charge in [0.1, 0.15) is 11.4 Å². The number of phenolic OH excluding ortho intramolecular Hbond substituents is 2. The number of hydrogen-bond donors (Lipinski definition) is 3. The quantitative estimate of drug-likeness (QED) is 0.445. The molecule has 0 unspecified atom stereocenters. The van der Waals surface area contributed by atoms with Crippen LogP contribution in [0.5, 0.6) is 17.2 Å². The SMILES string of the molecule is COC(=O)[C@]1(Cc2ccc3c(c2)C[C@@H](O)C(C)(C)O3)OC(=O)C(OC)=C1c1ccc(O)c(O)c1. The third kappa shape index (κ3) is 3.71. The Morgan fingerprint density at radius 2 is 1.82 bits per heavy atom. The van der Waals surface area contributed by atoms with Gasteiger partial charge in [0.2, 0.25) is 11.4 Å². The smallest absolute Gasteiger partial charge is 0.375 e. The fraction of sp³-hybridized carbons (Fsp3) is 0.360. The fourth-order valence-corrected chi connectivity index (χ4v) is 4.37. The molecule has 180 valence electrons. The summed E-state index contributed by atoms with van der Waals surface area (Å²) in [6.45, 7) is 3.60. The number of cyclic esters (lactones) is 1. The third-order valence-electron chi connectivity index (χ3n) is 6.23. The van der Waals surface area contributed by atoms with Crippen molar-refractivity contribution in [1.82, 2.24) is 0 Å². The molecule has 2 aliphatic heterocycles. The van der Waals surface area contributed by atoms with E-state index < -0.39 is 35.0 Å². The van der Waals surface area contributed by atoms with Crippen molar-refractivity contribution in [2.45, 2.75) is 44.0 Å². The maximum Gasteiger partial charge on any atom is 0.375 e. The lowest BCUT2D eigenvalue weighted by Crippen LogP contribution is -2.46. The third-order valence-corrected chi connectivity index (χ3v) is 6.23. The molecule has 9 heteroatoms. The van der Waals surface area contributed by atoms with Crippen molar-refractivity contribution < 1.29 is 43.9 Å². The van der Waals surface area contributed by atoms with Crippen molar-refractivity contribution in [2.24, 2.45) is 0 Å². The Hall–Kier alpha value is -3.72. The highest BCUT2D eigenvalue weighted by Crippen LogP contribution is 2.45. The minimum Gasteiger partial charge on any atom is -0.504 e. The number of phenols is 2. The molecular weight excluding hydrogens is 444 g/mol. The van der Waals surface area contributed by atoms with Gasteiger partial charge in [-0.15, -0.1) is 0 Å².